The van der Waals surface area contributed by atoms with Crippen LogP contribution >= 0.6 is 11.3 Å². The Kier molecular flexibility index (Phi) is 5.63. The first-order chi connectivity index (χ1) is 8.12. The Labute approximate surface area is 109 Å². The van der Waals surface area contributed by atoms with Gasteiger partial charge < -0.3 is 0 Å². The summed E-state index contributed by atoms with van der Waals surface area (Å²) < 4.78 is 1.33. The van der Waals surface area contributed by atoms with E-state index in [1.165, 1.54) is 21.7 Å². The summed E-state index contributed by atoms with van der Waals surface area (Å²) in [7, 11) is 0. The molecule has 17 heavy (non-hydrogen) atoms. The second kappa shape index (κ2) is 6.75. The third-order valence-corrected chi connectivity index (χ3v) is 3.69. The van der Waals surface area contributed by atoms with Crippen LogP contribution in [0.2, 0.25) is 0 Å². The Hall–Kier alpha value is -0.890. The maximum absolute atomic E-state index is 4.61. The zero-order valence-corrected chi connectivity index (χ0v) is 12.4. The summed E-state index contributed by atoms with van der Waals surface area (Å²) in [5.74, 6) is 0.539. The highest BCUT2D eigenvalue weighted by Gasteiger charge is 2.06. The van der Waals surface area contributed by atoms with Gasteiger partial charge in [0.05, 0.1) is 15.2 Å². The normalized spacial score (nSPS) is 10.5. The zero-order valence-electron chi connectivity index (χ0n) is 11.6. The lowest BCUT2D eigenvalue weighted by Crippen LogP contribution is -1.83. The van der Waals surface area contributed by atoms with Crippen LogP contribution in [0.4, 0.5) is 0 Å². The molecule has 0 aliphatic heterocycles. The molecule has 0 aliphatic carbocycles. The smallest absolute Gasteiger partial charge is 0.0963 e. The molecule has 0 amide bonds. The summed E-state index contributed by atoms with van der Waals surface area (Å²) in [6.45, 7) is 10.8. The van der Waals surface area contributed by atoms with E-state index < -0.39 is 0 Å². The van der Waals surface area contributed by atoms with Crippen molar-refractivity contribution in [3.63, 3.8) is 0 Å². The summed E-state index contributed by atoms with van der Waals surface area (Å²) in [6, 6.07) is 6.57. The van der Waals surface area contributed by atoms with E-state index in [0.717, 1.165) is 11.9 Å². The van der Waals surface area contributed by atoms with Crippen molar-refractivity contribution in [1.29, 1.82) is 0 Å². The number of rotatable bonds is 2. The number of thiazole rings is 1. The molecular weight excluding hydrogens is 226 g/mol. The Morgan fingerprint density at radius 1 is 1.18 bits per heavy atom. The maximum Gasteiger partial charge on any atom is 0.0963 e. The van der Waals surface area contributed by atoms with Crippen LogP contribution in [0.1, 0.15) is 57.5 Å². The quantitative estimate of drug-likeness (QED) is 0.694. The minimum Gasteiger partial charge on any atom is -0.241 e. The van der Waals surface area contributed by atoms with Crippen LogP contribution in [0.25, 0.3) is 10.2 Å². The van der Waals surface area contributed by atoms with Gasteiger partial charge in [-0.3, -0.25) is 0 Å². The molecule has 1 aromatic heterocycles. The molecule has 0 radical (unpaired) electrons. The minimum absolute atomic E-state index is 0.539. The molecule has 0 spiro atoms. The minimum atomic E-state index is 0.539. The molecule has 0 unspecified atom stereocenters. The third kappa shape index (κ3) is 3.81. The highest BCUT2D eigenvalue weighted by Crippen LogP contribution is 2.27. The Balaban J connectivity index is 0.000000437. The number of benzene rings is 1. The van der Waals surface area contributed by atoms with Crippen molar-refractivity contribution < 1.29 is 0 Å². The van der Waals surface area contributed by atoms with E-state index in [0.29, 0.717) is 5.92 Å². The summed E-state index contributed by atoms with van der Waals surface area (Å²) in [6.07, 6.45) is 2.35. The molecule has 0 saturated carbocycles. The monoisotopic (exact) mass is 249 g/mol. The lowest BCUT2D eigenvalue weighted by atomic mass is 10.2. The number of aryl methyl sites for hydroxylation is 1. The van der Waals surface area contributed by atoms with Gasteiger partial charge in [0.1, 0.15) is 0 Å². The number of hydrogen-bond acceptors (Lipinski definition) is 2. The summed E-state index contributed by atoms with van der Waals surface area (Å²) in [5, 5.41) is 1.24. The topological polar surface area (TPSA) is 12.9 Å². The van der Waals surface area contributed by atoms with E-state index >= 15 is 0 Å². The number of hydrogen-bond donors (Lipinski definition) is 0. The van der Waals surface area contributed by atoms with Gasteiger partial charge in [-0.05, 0) is 24.1 Å². The van der Waals surface area contributed by atoms with Gasteiger partial charge in [0.2, 0.25) is 0 Å². The first kappa shape index (κ1) is 14.2. The van der Waals surface area contributed by atoms with Gasteiger partial charge in [-0.25, -0.2) is 4.98 Å². The Morgan fingerprint density at radius 3 is 2.35 bits per heavy atom. The lowest BCUT2D eigenvalue weighted by molar-refractivity contribution is 0.857. The summed E-state index contributed by atoms with van der Waals surface area (Å²) in [5.41, 5.74) is 2.55. The third-order valence-electron chi connectivity index (χ3n) is 2.37. The van der Waals surface area contributed by atoms with Crippen molar-refractivity contribution in [3.05, 3.63) is 28.8 Å². The van der Waals surface area contributed by atoms with Crippen LogP contribution in [0.3, 0.4) is 0 Å². The van der Waals surface area contributed by atoms with Crippen molar-refractivity contribution in [3.8, 4) is 0 Å². The second-order valence-corrected chi connectivity index (χ2v) is 5.63. The van der Waals surface area contributed by atoms with Crippen LogP contribution in [0.15, 0.2) is 18.2 Å². The lowest BCUT2D eigenvalue weighted by Gasteiger charge is -1.94. The predicted molar refractivity (Wildman–Crippen MR) is 79.1 cm³/mol. The molecule has 1 nitrogen and oxygen atoms in total. The molecule has 1 aromatic carbocycles. The van der Waals surface area contributed by atoms with E-state index in [-0.39, 0.29) is 0 Å². The van der Waals surface area contributed by atoms with Crippen LogP contribution in [-0.4, -0.2) is 4.98 Å². The fraction of sp³-hybridized carbons (Fsp3) is 0.533. The van der Waals surface area contributed by atoms with Gasteiger partial charge in [-0.1, -0.05) is 47.1 Å². The van der Waals surface area contributed by atoms with Gasteiger partial charge in [0.15, 0.2) is 0 Å². The van der Waals surface area contributed by atoms with Crippen molar-refractivity contribution in [2.24, 2.45) is 0 Å². The van der Waals surface area contributed by atoms with Gasteiger partial charge in [0, 0.05) is 5.92 Å². The average molecular weight is 249 g/mol. The standard InChI is InChI=1S/C12H15NS.C3H8/c1-4-9-5-6-10-11(7-9)14-12(13-10)8(2)3;1-3-2/h5-8H,4H2,1-3H3;3H2,1-2H3. The van der Waals surface area contributed by atoms with E-state index in [1.54, 1.807) is 0 Å². The fourth-order valence-electron chi connectivity index (χ4n) is 1.45. The van der Waals surface area contributed by atoms with Crippen molar-refractivity contribution in [2.45, 2.75) is 53.4 Å². The van der Waals surface area contributed by atoms with Gasteiger partial charge >= 0.3 is 0 Å². The zero-order chi connectivity index (χ0) is 12.8. The molecule has 1 heterocycles. The van der Waals surface area contributed by atoms with E-state index in [4.69, 9.17) is 0 Å². The number of fused-ring (bicyclic) bond motifs is 1. The molecular formula is C15H23NS. The molecule has 2 heteroatoms. The highest BCUT2D eigenvalue weighted by molar-refractivity contribution is 7.18. The SMILES string of the molecule is CCC.CCc1ccc2nc(C(C)C)sc2c1. The summed E-state index contributed by atoms with van der Waals surface area (Å²) in [4.78, 5) is 4.61. The molecule has 0 atom stereocenters. The Bertz CT molecular complexity index is 457. The molecule has 0 saturated heterocycles. The molecule has 0 bridgehead atoms. The molecule has 2 rings (SSSR count). The van der Waals surface area contributed by atoms with E-state index in [2.05, 4.69) is 57.8 Å². The molecule has 94 valence electrons. The van der Waals surface area contributed by atoms with Crippen molar-refractivity contribution >= 4 is 21.6 Å². The largest absolute Gasteiger partial charge is 0.241 e. The van der Waals surface area contributed by atoms with Gasteiger partial charge in [-0.15, -0.1) is 11.3 Å². The fourth-order valence-corrected chi connectivity index (χ4v) is 2.49. The average Bonchev–Trinajstić information content (AvgIpc) is 2.72. The number of aromatic nitrogens is 1. The molecule has 0 N–H and O–H groups in total. The molecule has 2 aromatic rings. The highest BCUT2D eigenvalue weighted by atomic mass is 32.1. The first-order valence-electron chi connectivity index (χ1n) is 6.51. The molecule has 0 fully saturated rings. The van der Waals surface area contributed by atoms with E-state index in [9.17, 15) is 0 Å². The van der Waals surface area contributed by atoms with Crippen LogP contribution in [0.5, 0.6) is 0 Å². The molecule has 0 aliphatic rings. The summed E-state index contributed by atoms with van der Waals surface area (Å²) >= 11 is 1.82. The van der Waals surface area contributed by atoms with Crippen LogP contribution in [0, 0.1) is 0 Å². The van der Waals surface area contributed by atoms with Crippen molar-refractivity contribution in [2.75, 3.05) is 0 Å². The van der Waals surface area contributed by atoms with Crippen molar-refractivity contribution in [1.82, 2.24) is 4.98 Å². The Morgan fingerprint density at radius 2 is 1.82 bits per heavy atom. The van der Waals surface area contributed by atoms with Crippen LogP contribution in [-0.2, 0) is 6.42 Å². The predicted octanol–water partition coefficient (Wildman–Crippen LogP) is 5.40. The van der Waals surface area contributed by atoms with Crippen LogP contribution < -0.4 is 0 Å². The van der Waals surface area contributed by atoms with Gasteiger partial charge in [0.25, 0.3) is 0 Å². The second-order valence-electron chi connectivity index (χ2n) is 4.57. The number of nitrogens with zero attached hydrogens (tertiary/aromatic N) is 1. The first-order valence-corrected chi connectivity index (χ1v) is 7.33. The maximum atomic E-state index is 4.61. The van der Waals surface area contributed by atoms with E-state index in [1.807, 2.05) is 11.3 Å². The van der Waals surface area contributed by atoms with Gasteiger partial charge in [-0.2, -0.15) is 0 Å².